The van der Waals surface area contributed by atoms with E-state index in [4.69, 9.17) is 4.74 Å². The fraction of sp³-hybridized carbons (Fsp3) is 0.611. The van der Waals surface area contributed by atoms with E-state index < -0.39 is 12.0 Å². The summed E-state index contributed by atoms with van der Waals surface area (Å²) in [7, 11) is 0. The van der Waals surface area contributed by atoms with Crippen LogP contribution in [0.1, 0.15) is 34.1 Å². The lowest BCUT2D eigenvalue weighted by atomic mass is 9.94. The molecule has 2 rings (SSSR count). The summed E-state index contributed by atoms with van der Waals surface area (Å²) in [5, 5.41) is 3.31. The van der Waals surface area contributed by atoms with Crippen LogP contribution in [0.3, 0.4) is 0 Å². The maximum absolute atomic E-state index is 12.2. The van der Waals surface area contributed by atoms with Crippen LogP contribution in [0.5, 0.6) is 5.75 Å². The first kappa shape index (κ1) is 20.2. The molecule has 1 aliphatic rings. The van der Waals surface area contributed by atoms with Gasteiger partial charge in [0.05, 0.1) is 0 Å². The number of benzene rings is 1. The average Bonchev–Trinajstić information content (AvgIpc) is 2.48. The van der Waals surface area contributed by atoms with Gasteiger partial charge in [0.15, 0.2) is 0 Å². The van der Waals surface area contributed by atoms with Crippen molar-refractivity contribution in [3.8, 4) is 5.75 Å². The lowest BCUT2D eigenvalue weighted by Gasteiger charge is -2.38. The molecule has 146 valence electrons. The Labute approximate surface area is 151 Å². The van der Waals surface area contributed by atoms with E-state index in [1.807, 2.05) is 27.7 Å². The topological polar surface area (TPSA) is 50.8 Å². The van der Waals surface area contributed by atoms with Crippen molar-refractivity contribution in [2.75, 3.05) is 18.4 Å². The smallest absolute Gasteiger partial charge is 0.444 e. The average molecular weight is 374 g/mol. The molecular formula is C18H25F3N2O3. The van der Waals surface area contributed by atoms with Gasteiger partial charge in [0.25, 0.3) is 0 Å². The molecule has 0 aliphatic carbocycles. The second-order valence-electron chi connectivity index (χ2n) is 7.52. The maximum Gasteiger partial charge on any atom is 0.573 e. The third-order valence-electron chi connectivity index (χ3n) is 4.00. The Morgan fingerprint density at radius 2 is 1.81 bits per heavy atom. The van der Waals surface area contributed by atoms with Crippen molar-refractivity contribution < 1.29 is 27.4 Å². The lowest BCUT2D eigenvalue weighted by Crippen LogP contribution is -2.48. The fourth-order valence-electron chi connectivity index (χ4n) is 2.82. The number of rotatable bonds is 3. The van der Waals surface area contributed by atoms with Crippen molar-refractivity contribution in [1.29, 1.82) is 0 Å². The van der Waals surface area contributed by atoms with E-state index in [1.165, 1.54) is 12.1 Å². The molecule has 5 nitrogen and oxygen atoms in total. The number of anilines is 1. The molecule has 1 amide bonds. The Morgan fingerprint density at radius 1 is 1.19 bits per heavy atom. The Balaban J connectivity index is 1.89. The number of halogens is 3. The number of ether oxygens (including phenoxy) is 2. The minimum atomic E-state index is -4.70. The van der Waals surface area contributed by atoms with Crippen LogP contribution in [0.2, 0.25) is 0 Å². The van der Waals surface area contributed by atoms with E-state index in [2.05, 4.69) is 10.1 Å². The van der Waals surface area contributed by atoms with Crippen LogP contribution in [0, 0.1) is 5.92 Å². The maximum atomic E-state index is 12.2. The van der Waals surface area contributed by atoms with Crippen molar-refractivity contribution >= 4 is 11.8 Å². The third kappa shape index (κ3) is 6.31. The van der Waals surface area contributed by atoms with Gasteiger partial charge in [0.2, 0.25) is 0 Å². The second kappa shape index (κ2) is 7.63. The van der Waals surface area contributed by atoms with Crippen molar-refractivity contribution in [1.82, 2.24) is 4.90 Å². The quantitative estimate of drug-likeness (QED) is 0.837. The number of alkyl halides is 3. The first-order valence-electron chi connectivity index (χ1n) is 8.53. The third-order valence-corrected chi connectivity index (χ3v) is 4.00. The predicted molar refractivity (Wildman–Crippen MR) is 92.1 cm³/mol. The standard InChI is InChI=1S/C18H25F3N2O3/c1-12-11-23(16(24)26-17(2,3)4)10-9-15(12)22-13-5-7-14(8-6-13)25-18(19,20)21/h5-8,12,15,22H,9-11H2,1-4H3. The molecule has 1 fully saturated rings. The molecule has 0 aromatic heterocycles. The number of carbonyl (C=O) groups excluding carboxylic acids is 1. The van der Waals surface area contributed by atoms with Gasteiger partial charge in [0.1, 0.15) is 11.4 Å². The van der Waals surface area contributed by atoms with Crippen molar-refractivity contribution in [2.24, 2.45) is 5.92 Å². The van der Waals surface area contributed by atoms with Crippen LogP contribution in [0.4, 0.5) is 23.7 Å². The number of nitrogens with one attached hydrogen (secondary N) is 1. The monoisotopic (exact) mass is 374 g/mol. The van der Waals surface area contributed by atoms with E-state index in [0.717, 1.165) is 6.42 Å². The Bertz CT molecular complexity index is 612. The highest BCUT2D eigenvalue weighted by atomic mass is 19.4. The molecule has 0 saturated carbocycles. The molecular weight excluding hydrogens is 349 g/mol. The first-order chi connectivity index (χ1) is 11.9. The molecule has 1 aromatic rings. The number of likely N-dealkylation sites (tertiary alicyclic amines) is 1. The highest BCUT2D eigenvalue weighted by Crippen LogP contribution is 2.26. The number of carbonyl (C=O) groups is 1. The molecule has 26 heavy (non-hydrogen) atoms. The van der Waals surface area contributed by atoms with Crippen molar-refractivity contribution in [3.05, 3.63) is 24.3 Å². The van der Waals surface area contributed by atoms with Crippen LogP contribution in [-0.4, -0.2) is 42.1 Å². The highest BCUT2D eigenvalue weighted by Gasteiger charge is 2.32. The molecule has 1 N–H and O–H groups in total. The molecule has 1 aliphatic heterocycles. The highest BCUT2D eigenvalue weighted by molar-refractivity contribution is 5.68. The minimum Gasteiger partial charge on any atom is -0.444 e. The fourth-order valence-corrected chi connectivity index (χ4v) is 2.82. The molecule has 2 atom stereocenters. The van der Waals surface area contributed by atoms with Gasteiger partial charge in [-0.15, -0.1) is 13.2 Å². The summed E-state index contributed by atoms with van der Waals surface area (Å²) in [5.74, 6) is -0.0850. The van der Waals surface area contributed by atoms with Gasteiger partial charge in [-0.2, -0.15) is 0 Å². The number of hydrogen-bond acceptors (Lipinski definition) is 4. The van der Waals surface area contributed by atoms with Gasteiger partial charge >= 0.3 is 12.5 Å². The van der Waals surface area contributed by atoms with E-state index in [1.54, 1.807) is 17.0 Å². The summed E-state index contributed by atoms with van der Waals surface area (Å²) in [6.07, 6.45) is -4.30. The van der Waals surface area contributed by atoms with Gasteiger partial charge in [-0.05, 0) is 57.4 Å². The molecule has 2 unspecified atom stereocenters. The van der Waals surface area contributed by atoms with E-state index in [9.17, 15) is 18.0 Å². The van der Waals surface area contributed by atoms with Gasteiger partial charge in [-0.1, -0.05) is 6.92 Å². The summed E-state index contributed by atoms with van der Waals surface area (Å²) in [6.45, 7) is 8.63. The van der Waals surface area contributed by atoms with Crippen LogP contribution in [-0.2, 0) is 4.74 Å². The van der Waals surface area contributed by atoms with Crippen LogP contribution in [0.25, 0.3) is 0 Å². The van der Waals surface area contributed by atoms with Crippen LogP contribution in [0.15, 0.2) is 24.3 Å². The summed E-state index contributed by atoms with van der Waals surface area (Å²) >= 11 is 0. The second-order valence-corrected chi connectivity index (χ2v) is 7.52. The number of amides is 1. The SMILES string of the molecule is CC1CN(C(=O)OC(C)(C)C)CCC1Nc1ccc(OC(F)(F)F)cc1. The summed E-state index contributed by atoms with van der Waals surface area (Å²) in [6, 6.07) is 5.76. The first-order valence-corrected chi connectivity index (χ1v) is 8.53. The molecule has 1 heterocycles. The number of piperidine rings is 1. The van der Waals surface area contributed by atoms with Gasteiger partial charge in [-0.3, -0.25) is 0 Å². The van der Waals surface area contributed by atoms with E-state index in [0.29, 0.717) is 18.8 Å². The molecule has 8 heteroatoms. The molecule has 0 radical (unpaired) electrons. The van der Waals surface area contributed by atoms with Gasteiger partial charge < -0.3 is 19.7 Å². The largest absolute Gasteiger partial charge is 0.573 e. The minimum absolute atomic E-state index is 0.114. The van der Waals surface area contributed by atoms with Gasteiger partial charge in [-0.25, -0.2) is 4.79 Å². The Hall–Kier alpha value is -2.12. The van der Waals surface area contributed by atoms with Crippen molar-refractivity contribution in [2.45, 2.75) is 52.1 Å². The van der Waals surface area contributed by atoms with Gasteiger partial charge in [0, 0.05) is 24.8 Å². The predicted octanol–water partition coefficient (Wildman–Crippen LogP) is 4.64. The Kier molecular flexibility index (Phi) is 5.93. The summed E-state index contributed by atoms with van der Waals surface area (Å²) in [5.41, 5.74) is 0.178. The summed E-state index contributed by atoms with van der Waals surface area (Å²) < 4.78 is 45.8. The molecule has 1 aromatic carbocycles. The Morgan fingerprint density at radius 3 is 2.31 bits per heavy atom. The zero-order chi connectivity index (χ0) is 19.5. The zero-order valence-electron chi connectivity index (χ0n) is 15.4. The number of hydrogen-bond donors (Lipinski definition) is 1. The zero-order valence-corrected chi connectivity index (χ0v) is 15.4. The molecule has 1 saturated heterocycles. The molecule has 0 spiro atoms. The summed E-state index contributed by atoms with van der Waals surface area (Å²) in [4.78, 5) is 13.8. The lowest BCUT2D eigenvalue weighted by molar-refractivity contribution is -0.274. The molecule has 0 bridgehead atoms. The van der Waals surface area contributed by atoms with E-state index >= 15 is 0 Å². The van der Waals surface area contributed by atoms with Crippen molar-refractivity contribution in [3.63, 3.8) is 0 Å². The van der Waals surface area contributed by atoms with Crippen LogP contribution >= 0.6 is 0 Å². The van der Waals surface area contributed by atoms with Crippen LogP contribution < -0.4 is 10.1 Å². The van der Waals surface area contributed by atoms with E-state index in [-0.39, 0.29) is 23.8 Å². The number of nitrogens with zero attached hydrogens (tertiary/aromatic N) is 1. The normalized spacial score (nSPS) is 21.3.